The van der Waals surface area contributed by atoms with E-state index in [-0.39, 0.29) is 27.3 Å². The van der Waals surface area contributed by atoms with E-state index in [4.69, 9.17) is 4.74 Å². The zero-order chi connectivity index (χ0) is 20.5. The number of amides is 2. The van der Waals surface area contributed by atoms with Gasteiger partial charge in [0, 0.05) is 13.2 Å². The van der Waals surface area contributed by atoms with Gasteiger partial charge in [-0.2, -0.15) is 0 Å². The molecule has 11 heteroatoms. The molecule has 0 saturated carbocycles. The third-order valence-corrected chi connectivity index (χ3v) is 7.58. The van der Waals surface area contributed by atoms with Gasteiger partial charge in [0.25, 0.3) is 0 Å². The van der Waals surface area contributed by atoms with Gasteiger partial charge in [0.2, 0.25) is 6.23 Å². The van der Waals surface area contributed by atoms with Gasteiger partial charge in [0.1, 0.15) is 9.90 Å². The highest BCUT2D eigenvalue weighted by Gasteiger charge is 2.41. The number of nitrogens with zero attached hydrogens (tertiary/aromatic N) is 4. The summed E-state index contributed by atoms with van der Waals surface area (Å²) in [6, 6.07) is 2.93. The number of anilines is 1. The molecule has 2 aromatic rings. The first-order valence-corrected chi connectivity index (χ1v) is 11.1. The molecule has 0 bridgehead atoms. The lowest BCUT2D eigenvalue weighted by Crippen LogP contribution is -2.37. The van der Waals surface area contributed by atoms with Gasteiger partial charge in [-0.25, -0.2) is 32.9 Å². The normalized spacial score (nSPS) is 17.2. The fraction of sp³-hybridized carbons (Fsp3) is 0.412. The molecule has 2 aromatic heterocycles. The minimum atomic E-state index is -3.44. The summed E-state index contributed by atoms with van der Waals surface area (Å²) in [7, 11) is -1.88. The van der Waals surface area contributed by atoms with Crippen LogP contribution >= 0.6 is 11.3 Å². The molecule has 1 aliphatic rings. The van der Waals surface area contributed by atoms with Gasteiger partial charge in [0.15, 0.2) is 15.0 Å². The molecule has 3 heterocycles. The molecule has 1 aliphatic heterocycles. The second-order valence-corrected chi connectivity index (χ2v) is 9.68. The van der Waals surface area contributed by atoms with Crippen LogP contribution in [0.3, 0.4) is 0 Å². The van der Waals surface area contributed by atoms with E-state index in [1.54, 1.807) is 25.4 Å². The third-order valence-electron chi connectivity index (χ3n) is 4.30. The maximum absolute atomic E-state index is 12.5. The summed E-state index contributed by atoms with van der Waals surface area (Å²) in [6.07, 6.45) is 2.68. The number of pyridine rings is 1. The number of carbonyl (C=O) groups excluding carboxylic acids is 2. The summed E-state index contributed by atoms with van der Waals surface area (Å²) in [5.41, 5.74) is 1.12. The number of thiazole rings is 1. The Balaban J connectivity index is 1.83. The largest absolute Gasteiger partial charge is 0.434 e. The van der Waals surface area contributed by atoms with Crippen LogP contribution in [0.5, 0.6) is 0 Å². The summed E-state index contributed by atoms with van der Waals surface area (Å²) in [4.78, 5) is 35.7. The van der Waals surface area contributed by atoms with E-state index in [0.29, 0.717) is 0 Å². The zero-order valence-corrected chi connectivity index (χ0v) is 17.3. The van der Waals surface area contributed by atoms with Gasteiger partial charge in [-0.05, 0) is 18.1 Å². The lowest BCUT2D eigenvalue weighted by Gasteiger charge is -2.20. The molecule has 0 radical (unpaired) electrons. The average Bonchev–Trinajstić information content (AvgIpc) is 3.27. The topological polar surface area (TPSA) is 110 Å². The molecule has 150 valence electrons. The van der Waals surface area contributed by atoms with Crippen molar-refractivity contribution < 1.29 is 22.7 Å². The molecule has 0 aliphatic carbocycles. The molecule has 1 atom stereocenters. The number of sulfone groups is 1. The number of urea groups is 1. The van der Waals surface area contributed by atoms with Crippen molar-refractivity contribution in [3.05, 3.63) is 35.8 Å². The van der Waals surface area contributed by atoms with E-state index in [2.05, 4.69) is 9.97 Å². The molecule has 1 unspecified atom stereocenters. The first kappa shape index (κ1) is 20.2. The van der Waals surface area contributed by atoms with Crippen molar-refractivity contribution in [2.45, 2.75) is 30.7 Å². The standard InChI is InChI=1S/C17H20N4O5S2/c1-4-11-6-7-12(18-8-11)15(22)26-13-10-20(3)17(23)21(13)16-19-9-14(27-16)28(24,25)5-2/h6-9,13H,4-5,10H2,1-3H3. The van der Waals surface area contributed by atoms with Gasteiger partial charge in [-0.15, -0.1) is 0 Å². The fourth-order valence-corrected chi connectivity index (χ4v) is 4.85. The van der Waals surface area contributed by atoms with Crippen LogP contribution in [-0.4, -0.2) is 60.9 Å². The van der Waals surface area contributed by atoms with E-state index in [0.717, 1.165) is 23.3 Å². The predicted molar refractivity (Wildman–Crippen MR) is 103 cm³/mol. The molecule has 28 heavy (non-hydrogen) atoms. The van der Waals surface area contributed by atoms with E-state index in [9.17, 15) is 18.0 Å². The summed E-state index contributed by atoms with van der Waals surface area (Å²) < 4.78 is 29.6. The Morgan fingerprint density at radius 1 is 1.29 bits per heavy atom. The number of rotatable bonds is 6. The van der Waals surface area contributed by atoms with E-state index in [1.165, 1.54) is 22.9 Å². The maximum Gasteiger partial charge on any atom is 0.358 e. The number of carbonyl (C=O) groups is 2. The number of ether oxygens (including phenoxy) is 1. The summed E-state index contributed by atoms with van der Waals surface area (Å²) in [5.74, 6) is -0.737. The van der Waals surface area contributed by atoms with Crippen LogP contribution in [-0.2, 0) is 21.0 Å². The molecule has 0 N–H and O–H groups in total. The maximum atomic E-state index is 12.5. The smallest absolute Gasteiger partial charge is 0.358 e. The lowest BCUT2D eigenvalue weighted by molar-refractivity contribution is 0.0324. The highest BCUT2D eigenvalue weighted by molar-refractivity contribution is 7.93. The van der Waals surface area contributed by atoms with Gasteiger partial charge < -0.3 is 9.64 Å². The van der Waals surface area contributed by atoms with Crippen molar-refractivity contribution in [2.24, 2.45) is 0 Å². The molecule has 2 amide bonds. The first-order valence-electron chi connectivity index (χ1n) is 8.65. The van der Waals surface area contributed by atoms with Crippen LogP contribution in [0.1, 0.15) is 29.9 Å². The molecule has 1 fully saturated rings. The van der Waals surface area contributed by atoms with Crippen molar-refractivity contribution in [1.29, 1.82) is 0 Å². The SMILES string of the molecule is CCc1ccc(C(=O)OC2CN(C)C(=O)N2c2ncc(S(=O)(=O)CC)s2)nc1. The zero-order valence-electron chi connectivity index (χ0n) is 15.7. The van der Waals surface area contributed by atoms with Crippen LogP contribution < -0.4 is 4.90 Å². The number of likely N-dealkylation sites (N-methyl/N-ethyl adjacent to an activating group) is 1. The average molecular weight is 425 g/mol. The third kappa shape index (κ3) is 3.85. The number of hydrogen-bond acceptors (Lipinski definition) is 8. The van der Waals surface area contributed by atoms with Crippen molar-refractivity contribution in [3.63, 3.8) is 0 Å². The van der Waals surface area contributed by atoms with E-state index < -0.39 is 28.1 Å². The van der Waals surface area contributed by atoms with Gasteiger partial charge in [-0.1, -0.05) is 31.3 Å². The Morgan fingerprint density at radius 2 is 2.04 bits per heavy atom. The monoisotopic (exact) mass is 424 g/mol. The lowest BCUT2D eigenvalue weighted by atomic mass is 10.2. The van der Waals surface area contributed by atoms with Crippen LogP contribution in [0.25, 0.3) is 0 Å². The molecular formula is C17H20N4O5S2. The minimum absolute atomic E-state index is 0.0641. The Morgan fingerprint density at radius 3 is 2.64 bits per heavy atom. The van der Waals surface area contributed by atoms with Crippen molar-refractivity contribution in [3.8, 4) is 0 Å². The fourth-order valence-electron chi connectivity index (χ4n) is 2.58. The van der Waals surface area contributed by atoms with Crippen LogP contribution in [0, 0.1) is 0 Å². The van der Waals surface area contributed by atoms with E-state index >= 15 is 0 Å². The molecule has 9 nitrogen and oxygen atoms in total. The van der Waals surface area contributed by atoms with Gasteiger partial charge in [-0.3, -0.25) is 0 Å². The summed E-state index contributed by atoms with van der Waals surface area (Å²) in [5, 5.41) is 0.161. The highest BCUT2D eigenvalue weighted by Crippen LogP contribution is 2.32. The highest BCUT2D eigenvalue weighted by atomic mass is 32.2. The van der Waals surface area contributed by atoms with Gasteiger partial charge in [0.05, 0.1) is 18.5 Å². The molecule has 0 spiro atoms. The van der Waals surface area contributed by atoms with Crippen molar-refractivity contribution in [2.75, 3.05) is 24.2 Å². The Bertz CT molecular complexity index is 987. The number of hydrogen-bond donors (Lipinski definition) is 0. The Kier molecular flexibility index (Phi) is 5.66. The number of aromatic nitrogens is 2. The molecule has 0 aromatic carbocycles. The van der Waals surface area contributed by atoms with Gasteiger partial charge >= 0.3 is 12.0 Å². The Hall–Kier alpha value is -2.53. The summed E-state index contributed by atoms with van der Waals surface area (Å²) in [6.45, 7) is 3.64. The Labute approximate surface area is 166 Å². The molecule has 3 rings (SSSR count). The minimum Gasteiger partial charge on any atom is -0.434 e. The summed E-state index contributed by atoms with van der Waals surface area (Å²) >= 11 is 0.871. The van der Waals surface area contributed by atoms with Crippen LogP contribution in [0.4, 0.5) is 9.93 Å². The quantitative estimate of drug-likeness (QED) is 0.652. The molecular weight excluding hydrogens is 404 g/mol. The first-order chi connectivity index (χ1) is 13.3. The second-order valence-electron chi connectivity index (χ2n) is 6.16. The molecule has 1 saturated heterocycles. The van der Waals surface area contributed by atoms with Crippen LogP contribution in [0.2, 0.25) is 0 Å². The predicted octanol–water partition coefficient (Wildman–Crippen LogP) is 1.95. The van der Waals surface area contributed by atoms with Crippen molar-refractivity contribution in [1.82, 2.24) is 14.9 Å². The van der Waals surface area contributed by atoms with Crippen molar-refractivity contribution >= 4 is 38.3 Å². The second kappa shape index (κ2) is 7.84. The number of aryl methyl sites for hydroxylation is 1. The van der Waals surface area contributed by atoms with E-state index in [1.807, 2.05) is 6.92 Å². The number of esters is 1. The van der Waals surface area contributed by atoms with Crippen LogP contribution in [0.15, 0.2) is 28.7 Å².